The van der Waals surface area contributed by atoms with Crippen LogP contribution in [-0.4, -0.2) is 35.5 Å². The van der Waals surface area contributed by atoms with Crippen molar-refractivity contribution in [2.45, 2.75) is 25.3 Å². The van der Waals surface area contributed by atoms with Crippen molar-refractivity contribution in [1.29, 1.82) is 0 Å². The number of nitrogens with one attached hydrogen (secondary N) is 2. The van der Waals surface area contributed by atoms with E-state index in [4.69, 9.17) is 5.11 Å². The van der Waals surface area contributed by atoms with Crippen LogP contribution in [0, 0.1) is 0 Å². The van der Waals surface area contributed by atoms with Crippen LogP contribution in [0.2, 0.25) is 0 Å². The van der Waals surface area contributed by atoms with Crippen molar-refractivity contribution in [1.82, 2.24) is 10.6 Å². The summed E-state index contributed by atoms with van der Waals surface area (Å²) < 4.78 is 0. The van der Waals surface area contributed by atoms with E-state index in [0.29, 0.717) is 13.0 Å². The predicted octanol–water partition coefficient (Wildman–Crippen LogP) is -1.14. The minimum absolute atomic E-state index is 0.308. The van der Waals surface area contributed by atoms with Crippen LogP contribution in [0.4, 0.5) is 0 Å². The van der Waals surface area contributed by atoms with Crippen LogP contribution in [0.5, 0.6) is 0 Å². The van der Waals surface area contributed by atoms with Gasteiger partial charge in [-0.05, 0) is 19.3 Å². The van der Waals surface area contributed by atoms with Gasteiger partial charge in [0.15, 0.2) is 0 Å². The number of hydrogen-bond acceptors (Lipinski definition) is 3. The largest absolute Gasteiger partial charge is 0.474 e. The van der Waals surface area contributed by atoms with Gasteiger partial charge in [-0.25, -0.2) is 4.79 Å². The maximum atomic E-state index is 11.3. The summed E-state index contributed by atoms with van der Waals surface area (Å²) in [5.74, 6) is -3.01. The maximum absolute atomic E-state index is 11.3. The van der Waals surface area contributed by atoms with Gasteiger partial charge < -0.3 is 15.7 Å². The number of carbonyl (C=O) groups is 3. The van der Waals surface area contributed by atoms with Crippen LogP contribution >= 0.6 is 0 Å². The van der Waals surface area contributed by atoms with Crippen molar-refractivity contribution in [3.05, 3.63) is 0 Å². The summed E-state index contributed by atoms with van der Waals surface area (Å²) in [6.45, 7) is 0.582. The molecule has 78 valence electrons. The van der Waals surface area contributed by atoms with Gasteiger partial charge in [0.2, 0.25) is 5.91 Å². The third-order valence-corrected chi connectivity index (χ3v) is 2.03. The Hall–Kier alpha value is -1.59. The van der Waals surface area contributed by atoms with Crippen molar-refractivity contribution in [3.8, 4) is 0 Å². The van der Waals surface area contributed by atoms with E-state index in [1.165, 1.54) is 0 Å². The highest BCUT2D eigenvalue weighted by atomic mass is 16.4. The Labute approximate surface area is 80.7 Å². The van der Waals surface area contributed by atoms with E-state index in [2.05, 4.69) is 10.6 Å². The average Bonchev–Trinajstić information content (AvgIpc) is 2.32. The first kappa shape index (κ1) is 10.5. The van der Waals surface area contributed by atoms with E-state index in [0.717, 1.165) is 12.8 Å². The molecule has 1 saturated heterocycles. The first-order chi connectivity index (χ1) is 6.61. The molecule has 1 unspecified atom stereocenters. The van der Waals surface area contributed by atoms with Gasteiger partial charge in [0.25, 0.3) is 0 Å². The zero-order chi connectivity index (χ0) is 10.6. The molecule has 6 heteroatoms. The molecule has 0 spiro atoms. The van der Waals surface area contributed by atoms with E-state index in [-0.39, 0.29) is 5.91 Å². The van der Waals surface area contributed by atoms with Crippen molar-refractivity contribution in [3.63, 3.8) is 0 Å². The van der Waals surface area contributed by atoms with Crippen LogP contribution < -0.4 is 10.6 Å². The second-order valence-corrected chi connectivity index (χ2v) is 3.12. The van der Waals surface area contributed by atoms with Crippen LogP contribution in [0.25, 0.3) is 0 Å². The lowest BCUT2D eigenvalue weighted by molar-refractivity contribution is -0.151. The van der Waals surface area contributed by atoms with Crippen molar-refractivity contribution in [2.24, 2.45) is 0 Å². The topological polar surface area (TPSA) is 95.5 Å². The van der Waals surface area contributed by atoms with E-state index in [1.54, 1.807) is 0 Å². The molecule has 2 amide bonds. The van der Waals surface area contributed by atoms with E-state index < -0.39 is 17.9 Å². The third kappa shape index (κ3) is 2.72. The second-order valence-electron chi connectivity index (χ2n) is 3.12. The Bertz CT molecular complexity index is 264. The molecule has 1 rings (SSSR count). The summed E-state index contributed by atoms with van der Waals surface area (Å²) in [5, 5.41) is 13.1. The molecular formula is C8H12N2O4. The first-order valence-corrected chi connectivity index (χ1v) is 4.43. The van der Waals surface area contributed by atoms with Gasteiger partial charge in [-0.15, -0.1) is 0 Å². The molecule has 1 atom stereocenters. The molecule has 0 aromatic heterocycles. The van der Waals surface area contributed by atoms with Gasteiger partial charge in [-0.3, -0.25) is 9.59 Å². The molecule has 1 fully saturated rings. The van der Waals surface area contributed by atoms with E-state index >= 15 is 0 Å². The quantitative estimate of drug-likeness (QED) is 0.466. The summed E-state index contributed by atoms with van der Waals surface area (Å²) >= 11 is 0. The average molecular weight is 200 g/mol. The lowest BCUT2D eigenvalue weighted by atomic mass is 10.1. The van der Waals surface area contributed by atoms with Gasteiger partial charge in [0.05, 0.1) is 0 Å². The van der Waals surface area contributed by atoms with Gasteiger partial charge in [0, 0.05) is 6.54 Å². The molecule has 0 bridgehead atoms. The number of hydrogen-bond donors (Lipinski definition) is 3. The van der Waals surface area contributed by atoms with Gasteiger partial charge in [0.1, 0.15) is 6.04 Å². The highest BCUT2D eigenvalue weighted by molar-refractivity contribution is 6.32. The number of aliphatic carboxylic acids is 1. The Morgan fingerprint density at radius 2 is 2.14 bits per heavy atom. The molecule has 1 heterocycles. The summed E-state index contributed by atoms with van der Waals surface area (Å²) in [5.41, 5.74) is 0. The number of amides is 2. The van der Waals surface area contributed by atoms with Crippen LogP contribution in [0.3, 0.4) is 0 Å². The molecule has 14 heavy (non-hydrogen) atoms. The van der Waals surface area contributed by atoms with Crippen molar-refractivity contribution in [2.75, 3.05) is 6.54 Å². The minimum atomic E-state index is -1.57. The second kappa shape index (κ2) is 4.59. The van der Waals surface area contributed by atoms with Crippen LogP contribution in [0.1, 0.15) is 19.3 Å². The van der Waals surface area contributed by atoms with Crippen LogP contribution in [0.15, 0.2) is 0 Å². The first-order valence-electron chi connectivity index (χ1n) is 4.43. The van der Waals surface area contributed by atoms with Gasteiger partial charge in [-0.1, -0.05) is 0 Å². The summed E-state index contributed by atoms with van der Waals surface area (Å²) in [6, 6.07) is -0.707. The summed E-state index contributed by atoms with van der Waals surface area (Å²) in [6.07, 6.45) is 2.14. The molecule has 0 aromatic carbocycles. The fraction of sp³-hybridized carbons (Fsp3) is 0.625. The monoisotopic (exact) mass is 200 g/mol. The molecule has 0 radical (unpaired) electrons. The van der Waals surface area contributed by atoms with Crippen molar-refractivity contribution < 1.29 is 19.5 Å². The summed E-state index contributed by atoms with van der Waals surface area (Å²) in [4.78, 5) is 32.3. The maximum Gasteiger partial charge on any atom is 0.394 e. The lowest BCUT2D eigenvalue weighted by Gasteiger charge is -2.12. The highest BCUT2D eigenvalue weighted by Crippen LogP contribution is 2.04. The van der Waals surface area contributed by atoms with E-state index in [9.17, 15) is 14.4 Å². The molecule has 6 nitrogen and oxygen atoms in total. The highest BCUT2D eigenvalue weighted by Gasteiger charge is 2.24. The minimum Gasteiger partial charge on any atom is -0.474 e. The molecule has 3 N–H and O–H groups in total. The molecular weight excluding hydrogens is 188 g/mol. The molecule has 0 aliphatic carbocycles. The normalized spacial score (nSPS) is 22.0. The molecule has 1 aliphatic heterocycles. The number of carboxylic acid groups (broad SMARTS) is 1. The zero-order valence-electron chi connectivity index (χ0n) is 7.58. The Kier molecular flexibility index (Phi) is 3.44. The Balaban J connectivity index is 2.52. The zero-order valence-corrected chi connectivity index (χ0v) is 7.58. The van der Waals surface area contributed by atoms with Crippen molar-refractivity contribution >= 4 is 17.8 Å². The van der Waals surface area contributed by atoms with Gasteiger partial charge in [-0.2, -0.15) is 0 Å². The standard InChI is InChI=1S/C8H12N2O4/c11-6-5(3-1-2-4-9-6)10-7(12)8(13)14/h5H,1-4H2,(H,9,11)(H,10,12)(H,13,14). The Morgan fingerprint density at radius 1 is 1.43 bits per heavy atom. The third-order valence-electron chi connectivity index (χ3n) is 2.03. The van der Waals surface area contributed by atoms with Gasteiger partial charge >= 0.3 is 11.9 Å². The lowest BCUT2D eigenvalue weighted by Crippen LogP contribution is -2.47. The number of carboxylic acids is 1. The molecule has 1 aliphatic rings. The molecule has 0 aromatic rings. The van der Waals surface area contributed by atoms with E-state index in [1.807, 2.05) is 0 Å². The summed E-state index contributed by atoms with van der Waals surface area (Å²) in [7, 11) is 0. The smallest absolute Gasteiger partial charge is 0.394 e. The van der Waals surface area contributed by atoms with Crippen LogP contribution in [-0.2, 0) is 14.4 Å². The predicted molar refractivity (Wildman–Crippen MR) is 46.4 cm³/mol. The molecule has 0 saturated carbocycles. The fourth-order valence-corrected chi connectivity index (χ4v) is 1.30. The number of carbonyl (C=O) groups excluding carboxylic acids is 2. The number of rotatable bonds is 1. The fourth-order valence-electron chi connectivity index (χ4n) is 1.30. The Morgan fingerprint density at radius 3 is 2.79 bits per heavy atom. The SMILES string of the molecule is O=C(O)C(=O)NC1CCCCNC1=O.